The van der Waals surface area contributed by atoms with Gasteiger partial charge in [-0.2, -0.15) is 0 Å². The molecular formula is C6H15FeK3N6O3. The molecule has 0 aromatic rings. The van der Waals surface area contributed by atoms with Crippen LogP contribution in [0.15, 0.2) is 0 Å². The van der Waals surface area contributed by atoms with Crippen LogP contribution < -0.4 is 154 Å². The topological polar surface area (TPSA) is 237 Å². The maximum atomic E-state index is 6.50. The van der Waals surface area contributed by atoms with Gasteiger partial charge < -0.3 is 20.7 Å². The third-order valence-electron chi connectivity index (χ3n) is 0. The van der Waals surface area contributed by atoms with Gasteiger partial charge >= 0.3 is 154 Å². The summed E-state index contributed by atoms with van der Waals surface area (Å²) in [6, 6.07) is 0. The summed E-state index contributed by atoms with van der Waals surface area (Å²) in [4.78, 5) is 0. The Bertz CT molecular complexity index is 128. The largest absolute Gasteiger partial charge is 1.00 e. The Kier molecular flexibility index (Phi) is 10000. The molecule has 6 N–H and O–H groups in total. The standard InChI is InChI=1S/6CHN.Fe.3K.3H2O.3H/c6*1-2;;;;;;;;;;/h6*1H;;;;;3*1H2;;;/q;;;;;;;3*+1;;;;3*-1. The molecule has 0 aliphatic rings. The molecule has 0 heterocycles. The van der Waals surface area contributed by atoms with Crippen LogP contribution in [0.4, 0.5) is 0 Å². The second-order valence-electron chi connectivity index (χ2n) is 0. The van der Waals surface area contributed by atoms with E-state index in [1.54, 1.807) is 0 Å². The first-order valence-electron chi connectivity index (χ1n) is 1.55. The maximum Gasteiger partial charge on any atom is 1.00 e. The molecule has 0 aliphatic carbocycles. The fraction of sp³-hybridized carbons (Fsp3) is 0. The molecule has 0 fully saturated rings. The van der Waals surface area contributed by atoms with E-state index in [9.17, 15) is 0 Å². The van der Waals surface area contributed by atoms with Crippen molar-refractivity contribution in [2.75, 3.05) is 0 Å². The number of nitrogens with zero attached hydrogens (tertiary/aromatic N) is 6. The molecule has 19 heavy (non-hydrogen) atoms. The van der Waals surface area contributed by atoms with Gasteiger partial charge in [-0.05, 0) is 0 Å². The van der Waals surface area contributed by atoms with E-state index in [4.69, 9.17) is 31.6 Å². The second kappa shape index (κ2) is 1480. The van der Waals surface area contributed by atoms with Gasteiger partial charge in [0.25, 0.3) is 0 Å². The van der Waals surface area contributed by atoms with Crippen molar-refractivity contribution in [1.29, 1.82) is 31.6 Å². The van der Waals surface area contributed by atoms with Crippen LogP contribution in [0.1, 0.15) is 4.28 Å². The molecule has 0 aromatic heterocycles. The molecule has 0 bridgehead atoms. The van der Waals surface area contributed by atoms with Crippen molar-refractivity contribution in [3.05, 3.63) is 0 Å². The van der Waals surface area contributed by atoms with Crippen molar-refractivity contribution in [3.63, 3.8) is 0 Å². The fourth-order valence-electron chi connectivity index (χ4n) is 0. The summed E-state index contributed by atoms with van der Waals surface area (Å²) in [7, 11) is 0. The molecule has 0 rings (SSSR count). The van der Waals surface area contributed by atoms with Crippen LogP contribution in [0, 0.1) is 71.0 Å². The van der Waals surface area contributed by atoms with Crippen molar-refractivity contribution < 1.29 is 192 Å². The van der Waals surface area contributed by atoms with Gasteiger partial charge in [-0.25, -0.2) is 31.6 Å². The molecule has 0 spiro atoms. The minimum atomic E-state index is 0. The van der Waals surface area contributed by atoms with Crippen LogP contribution in [0.3, 0.4) is 0 Å². The Balaban J connectivity index is -0.00000000129. The summed E-state index contributed by atoms with van der Waals surface area (Å²) in [6.07, 6.45) is 0. The molecule has 0 atom stereocenters. The molecule has 0 aromatic carbocycles. The van der Waals surface area contributed by atoms with Gasteiger partial charge in [-0.1, -0.05) is 0 Å². The Labute approximate surface area is 256 Å². The molecular weight excluding hydrogens is 377 g/mol. The van der Waals surface area contributed by atoms with Gasteiger partial charge in [-0.15, -0.1) is 0 Å². The van der Waals surface area contributed by atoms with Gasteiger partial charge in [0, 0.05) is 56.5 Å². The number of hydrogen-bond acceptors (Lipinski definition) is 6. The van der Waals surface area contributed by atoms with Gasteiger partial charge in [0.15, 0.2) is 0 Å². The van der Waals surface area contributed by atoms with Crippen LogP contribution >= 0.6 is 0 Å². The van der Waals surface area contributed by atoms with Crippen molar-refractivity contribution in [1.82, 2.24) is 0 Å². The first kappa shape index (κ1) is 128. The third kappa shape index (κ3) is 1330. The molecule has 98 valence electrons. The van der Waals surface area contributed by atoms with E-state index in [1.165, 1.54) is 0 Å². The molecule has 0 unspecified atom stereocenters. The van der Waals surface area contributed by atoms with Crippen molar-refractivity contribution in [2.45, 2.75) is 0 Å². The summed E-state index contributed by atoms with van der Waals surface area (Å²) >= 11 is 0. The first-order valence-corrected chi connectivity index (χ1v) is 1.55. The van der Waals surface area contributed by atoms with Crippen molar-refractivity contribution >= 4 is 0 Å². The minimum absolute atomic E-state index is 0. The molecule has 0 saturated carbocycles. The molecule has 0 amide bonds. The molecule has 9 nitrogen and oxygen atoms in total. The van der Waals surface area contributed by atoms with Crippen LogP contribution in [0.5, 0.6) is 0 Å². The third-order valence-corrected chi connectivity index (χ3v) is 0. The summed E-state index contributed by atoms with van der Waals surface area (Å²) in [6.45, 7) is 21.0. The van der Waals surface area contributed by atoms with Crippen LogP contribution in [-0.2, 0) is 17.1 Å². The van der Waals surface area contributed by atoms with Gasteiger partial charge in [0.1, 0.15) is 0 Å². The molecule has 0 saturated heterocycles. The minimum Gasteiger partial charge on any atom is -1.00 e. The van der Waals surface area contributed by atoms with Gasteiger partial charge in [-0.3, -0.25) is 0 Å². The maximum absolute atomic E-state index is 6.50. The van der Waals surface area contributed by atoms with E-state index in [0.717, 1.165) is 0 Å². The zero-order chi connectivity index (χ0) is 12.0. The average molecular weight is 392 g/mol. The summed E-state index contributed by atoms with van der Waals surface area (Å²) in [5, 5.41) is 39.0. The SMILES string of the molecule is C#N.C#N.C#N.C#N.C#N.C#N.O.O.O.[Fe].[H-].[H-].[H-].[K+].[K+].[K+]. The smallest absolute Gasteiger partial charge is 1.00 e. The van der Waals surface area contributed by atoms with Crippen molar-refractivity contribution in [2.24, 2.45) is 0 Å². The Hall–Kier alpha value is 2.25. The normalized spacial score (nSPS) is 0.632. The average Bonchev–Trinajstić information content (AvgIpc) is 2.33. The van der Waals surface area contributed by atoms with E-state index < -0.39 is 0 Å². The first-order chi connectivity index (χ1) is 6.00. The van der Waals surface area contributed by atoms with E-state index in [-0.39, 0.29) is 192 Å². The van der Waals surface area contributed by atoms with E-state index in [2.05, 4.69) is 39.4 Å². The molecule has 0 radical (unpaired) electrons. The van der Waals surface area contributed by atoms with Crippen molar-refractivity contribution in [3.8, 4) is 39.4 Å². The second-order valence-corrected chi connectivity index (χ2v) is 0. The zero-order valence-corrected chi connectivity index (χ0v) is 21.5. The summed E-state index contributed by atoms with van der Waals surface area (Å²) < 4.78 is 0. The van der Waals surface area contributed by atoms with E-state index in [0.29, 0.717) is 0 Å². The van der Waals surface area contributed by atoms with Crippen LogP contribution in [0.25, 0.3) is 0 Å². The van der Waals surface area contributed by atoms with Gasteiger partial charge in [0.05, 0.1) is 0 Å². The fourth-order valence-corrected chi connectivity index (χ4v) is 0. The number of rotatable bonds is 0. The monoisotopic (exact) mass is 392 g/mol. The Morgan fingerprint density at radius 2 is 0.368 bits per heavy atom. The van der Waals surface area contributed by atoms with Gasteiger partial charge in [0.2, 0.25) is 0 Å². The van der Waals surface area contributed by atoms with E-state index in [1.807, 2.05) is 0 Å². The van der Waals surface area contributed by atoms with E-state index >= 15 is 0 Å². The summed E-state index contributed by atoms with van der Waals surface area (Å²) in [5.74, 6) is 0. The summed E-state index contributed by atoms with van der Waals surface area (Å²) in [5.41, 5.74) is 0. The van der Waals surface area contributed by atoms with Crippen LogP contribution in [-0.4, -0.2) is 16.4 Å². The number of hydrogen-bond donors (Lipinski definition) is 0. The molecule has 13 heteroatoms. The predicted octanol–water partition coefficient (Wildman–Crippen LogP) is -10.3. The zero-order valence-electron chi connectivity index (χ0n) is 14.0. The molecule has 0 aliphatic heterocycles. The predicted molar refractivity (Wildman–Crippen MR) is 54.2 cm³/mol. The Morgan fingerprint density at radius 1 is 0.368 bits per heavy atom. The number of nitriles is 6. The Morgan fingerprint density at radius 3 is 0.368 bits per heavy atom. The van der Waals surface area contributed by atoms with Crippen LogP contribution in [0.2, 0.25) is 0 Å². The quantitative estimate of drug-likeness (QED) is 0.362.